The molecule has 0 radical (unpaired) electrons. The van der Waals surface area contributed by atoms with Gasteiger partial charge in [0.15, 0.2) is 0 Å². The van der Waals surface area contributed by atoms with E-state index < -0.39 is 6.04 Å². The standard InChI is InChI=1S/C13H26N2O3/c1-13(2,3)11(14)12(17)15-9-7-5-6-8-10(16)18-4/h11H,5-9,14H2,1-4H3,(H,15,17)/t11-/m1/s1. The smallest absolute Gasteiger partial charge is 0.305 e. The van der Waals surface area contributed by atoms with Crippen LogP contribution < -0.4 is 11.1 Å². The Morgan fingerprint density at radius 2 is 1.83 bits per heavy atom. The van der Waals surface area contributed by atoms with Gasteiger partial charge in [-0.2, -0.15) is 0 Å². The van der Waals surface area contributed by atoms with Gasteiger partial charge >= 0.3 is 5.97 Å². The SMILES string of the molecule is COC(=O)CCCCCNC(=O)[C@@H](N)C(C)(C)C. The molecule has 0 aliphatic rings. The molecule has 106 valence electrons. The number of rotatable bonds is 7. The van der Waals surface area contributed by atoms with Crippen LogP contribution >= 0.6 is 0 Å². The lowest BCUT2D eigenvalue weighted by Gasteiger charge is -2.25. The number of ether oxygens (including phenoxy) is 1. The predicted octanol–water partition coefficient (Wildman–Crippen LogP) is 1.21. The van der Waals surface area contributed by atoms with Gasteiger partial charge in [-0.25, -0.2) is 0 Å². The van der Waals surface area contributed by atoms with Gasteiger partial charge in [-0.05, 0) is 18.3 Å². The minimum atomic E-state index is -0.493. The fourth-order valence-electron chi connectivity index (χ4n) is 1.39. The molecule has 0 aliphatic carbocycles. The molecule has 0 aliphatic heterocycles. The molecule has 0 saturated heterocycles. The van der Waals surface area contributed by atoms with Crippen molar-refractivity contribution in [2.45, 2.75) is 52.5 Å². The number of nitrogens with one attached hydrogen (secondary N) is 1. The quantitative estimate of drug-likeness (QED) is 0.531. The topological polar surface area (TPSA) is 81.4 Å². The Hall–Kier alpha value is -1.10. The lowest BCUT2D eigenvalue weighted by Crippen LogP contribution is -2.48. The summed E-state index contributed by atoms with van der Waals surface area (Å²) in [5.41, 5.74) is 5.59. The van der Waals surface area contributed by atoms with Crippen LogP contribution in [0.2, 0.25) is 0 Å². The minimum Gasteiger partial charge on any atom is -0.469 e. The maximum absolute atomic E-state index is 11.7. The van der Waals surface area contributed by atoms with E-state index in [1.54, 1.807) is 0 Å². The van der Waals surface area contributed by atoms with Crippen LogP contribution in [0.15, 0.2) is 0 Å². The van der Waals surface area contributed by atoms with Gasteiger partial charge in [0.25, 0.3) is 0 Å². The van der Waals surface area contributed by atoms with Crippen LogP contribution in [-0.4, -0.2) is 31.6 Å². The number of carbonyl (C=O) groups excluding carboxylic acids is 2. The van der Waals surface area contributed by atoms with Crippen molar-refractivity contribution in [3.8, 4) is 0 Å². The Bertz CT molecular complexity index is 272. The van der Waals surface area contributed by atoms with Crippen molar-refractivity contribution in [1.82, 2.24) is 5.32 Å². The molecule has 0 heterocycles. The summed E-state index contributed by atoms with van der Waals surface area (Å²) in [6, 6.07) is -0.493. The van der Waals surface area contributed by atoms with E-state index in [0.717, 1.165) is 19.3 Å². The number of methoxy groups -OCH3 is 1. The highest BCUT2D eigenvalue weighted by Gasteiger charge is 2.26. The highest BCUT2D eigenvalue weighted by Crippen LogP contribution is 2.17. The molecule has 3 N–H and O–H groups in total. The molecule has 0 unspecified atom stereocenters. The number of amides is 1. The van der Waals surface area contributed by atoms with Crippen LogP contribution in [0.5, 0.6) is 0 Å². The van der Waals surface area contributed by atoms with Gasteiger partial charge in [-0.15, -0.1) is 0 Å². The molecule has 0 rings (SSSR count). The van der Waals surface area contributed by atoms with Crippen molar-refractivity contribution < 1.29 is 14.3 Å². The summed E-state index contributed by atoms with van der Waals surface area (Å²) in [6.07, 6.45) is 2.96. The van der Waals surface area contributed by atoms with E-state index >= 15 is 0 Å². The van der Waals surface area contributed by atoms with Crippen molar-refractivity contribution >= 4 is 11.9 Å². The molecule has 0 bridgehead atoms. The van der Waals surface area contributed by atoms with Gasteiger partial charge in [-0.1, -0.05) is 27.2 Å². The second-order valence-electron chi connectivity index (χ2n) is 5.52. The Kier molecular flexibility index (Phi) is 7.59. The Morgan fingerprint density at radius 1 is 1.22 bits per heavy atom. The number of unbranched alkanes of at least 4 members (excludes halogenated alkanes) is 2. The summed E-state index contributed by atoms with van der Waals surface area (Å²) in [6.45, 7) is 6.42. The van der Waals surface area contributed by atoms with E-state index in [0.29, 0.717) is 13.0 Å². The third kappa shape index (κ3) is 7.27. The molecule has 0 fully saturated rings. The zero-order valence-corrected chi connectivity index (χ0v) is 11.9. The molecule has 0 aromatic rings. The maximum atomic E-state index is 11.7. The lowest BCUT2D eigenvalue weighted by molar-refractivity contribution is -0.140. The molecule has 0 spiro atoms. The molecule has 5 heteroatoms. The molecule has 0 saturated carbocycles. The van der Waals surface area contributed by atoms with Crippen molar-refractivity contribution in [1.29, 1.82) is 0 Å². The first kappa shape index (κ1) is 16.9. The summed E-state index contributed by atoms with van der Waals surface area (Å²) in [4.78, 5) is 22.5. The van der Waals surface area contributed by atoms with E-state index in [1.165, 1.54) is 7.11 Å². The van der Waals surface area contributed by atoms with E-state index in [2.05, 4.69) is 10.1 Å². The number of nitrogens with two attached hydrogens (primary N) is 1. The number of hydrogen-bond donors (Lipinski definition) is 2. The largest absolute Gasteiger partial charge is 0.469 e. The Morgan fingerprint density at radius 3 is 2.33 bits per heavy atom. The fraction of sp³-hybridized carbons (Fsp3) is 0.846. The lowest BCUT2D eigenvalue weighted by atomic mass is 9.87. The van der Waals surface area contributed by atoms with Crippen molar-refractivity contribution in [2.75, 3.05) is 13.7 Å². The first-order chi connectivity index (χ1) is 8.29. The summed E-state index contributed by atoms with van der Waals surface area (Å²) in [7, 11) is 1.39. The van der Waals surface area contributed by atoms with E-state index in [4.69, 9.17) is 5.73 Å². The zero-order chi connectivity index (χ0) is 14.2. The molecule has 18 heavy (non-hydrogen) atoms. The third-order valence-corrected chi connectivity index (χ3v) is 2.80. The predicted molar refractivity (Wildman–Crippen MR) is 70.9 cm³/mol. The third-order valence-electron chi connectivity index (χ3n) is 2.80. The van der Waals surface area contributed by atoms with Gasteiger partial charge in [0.05, 0.1) is 13.2 Å². The van der Waals surface area contributed by atoms with E-state index in [9.17, 15) is 9.59 Å². The van der Waals surface area contributed by atoms with Crippen LogP contribution in [0.4, 0.5) is 0 Å². The molecule has 0 aromatic carbocycles. The average molecular weight is 258 g/mol. The Balaban J connectivity index is 3.61. The highest BCUT2D eigenvalue weighted by atomic mass is 16.5. The summed E-state index contributed by atoms with van der Waals surface area (Å²) in [5.74, 6) is -0.302. The number of esters is 1. The molecule has 1 atom stereocenters. The van der Waals surface area contributed by atoms with Crippen LogP contribution in [0.3, 0.4) is 0 Å². The van der Waals surface area contributed by atoms with Crippen molar-refractivity contribution in [2.24, 2.45) is 11.1 Å². The van der Waals surface area contributed by atoms with Gasteiger partial charge in [0.2, 0.25) is 5.91 Å². The first-order valence-electron chi connectivity index (χ1n) is 6.39. The van der Waals surface area contributed by atoms with Crippen LogP contribution in [0.1, 0.15) is 46.5 Å². The molecule has 0 aromatic heterocycles. The summed E-state index contributed by atoms with van der Waals surface area (Å²) >= 11 is 0. The van der Waals surface area contributed by atoms with Crippen LogP contribution in [0, 0.1) is 5.41 Å². The molecular weight excluding hydrogens is 232 g/mol. The van der Waals surface area contributed by atoms with Crippen molar-refractivity contribution in [3.63, 3.8) is 0 Å². The highest BCUT2D eigenvalue weighted by molar-refractivity contribution is 5.82. The minimum absolute atomic E-state index is 0.115. The second-order valence-corrected chi connectivity index (χ2v) is 5.52. The molecule has 5 nitrogen and oxygen atoms in total. The van der Waals surface area contributed by atoms with E-state index in [1.807, 2.05) is 20.8 Å². The van der Waals surface area contributed by atoms with Gasteiger partial charge < -0.3 is 15.8 Å². The normalized spacial score (nSPS) is 12.9. The monoisotopic (exact) mass is 258 g/mol. The van der Waals surface area contributed by atoms with Crippen LogP contribution in [0.25, 0.3) is 0 Å². The second kappa shape index (κ2) is 8.08. The van der Waals surface area contributed by atoms with Gasteiger partial charge in [0.1, 0.15) is 0 Å². The summed E-state index contributed by atoms with van der Waals surface area (Å²) < 4.78 is 4.54. The van der Waals surface area contributed by atoms with E-state index in [-0.39, 0.29) is 17.3 Å². The van der Waals surface area contributed by atoms with Crippen LogP contribution in [-0.2, 0) is 14.3 Å². The maximum Gasteiger partial charge on any atom is 0.305 e. The number of carbonyl (C=O) groups is 2. The Labute approximate surface area is 109 Å². The average Bonchev–Trinajstić information content (AvgIpc) is 2.30. The fourth-order valence-corrected chi connectivity index (χ4v) is 1.39. The summed E-state index contributed by atoms with van der Waals surface area (Å²) in [5, 5.41) is 2.81. The molecule has 1 amide bonds. The van der Waals surface area contributed by atoms with Gasteiger partial charge in [0, 0.05) is 13.0 Å². The number of hydrogen-bond acceptors (Lipinski definition) is 4. The molecular formula is C13H26N2O3. The zero-order valence-electron chi connectivity index (χ0n) is 11.9. The first-order valence-corrected chi connectivity index (χ1v) is 6.39. The van der Waals surface area contributed by atoms with Gasteiger partial charge in [-0.3, -0.25) is 9.59 Å². The van der Waals surface area contributed by atoms with Crippen molar-refractivity contribution in [3.05, 3.63) is 0 Å².